The standard InChI is InChI=1S/C39H51N3O6/c1-9-24-42(35(44)31(25-28-16-12-10-13-17-28)41-37(46)48-39(6,7)8)33(30-22-20-27(2)21-23-30)34(43)40-32(36(45)47-38(3,4)5)26-29-18-14-11-15-19-29/h10-23,31-33H,9,24-26H2,1-8H3,(H,40,43)(H,41,46). The van der Waals surface area contributed by atoms with Gasteiger partial charge in [0.2, 0.25) is 11.8 Å². The molecule has 3 unspecified atom stereocenters. The number of carbonyl (C=O) groups is 4. The topological polar surface area (TPSA) is 114 Å². The molecule has 0 saturated heterocycles. The lowest BCUT2D eigenvalue weighted by Gasteiger charge is -2.35. The van der Waals surface area contributed by atoms with Crippen LogP contribution in [-0.2, 0) is 36.7 Å². The van der Waals surface area contributed by atoms with Crippen LogP contribution in [0.15, 0.2) is 84.9 Å². The fraction of sp³-hybridized carbons (Fsp3) is 0.436. The quantitative estimate of drug-likeness (QED) is 0.204. The Hall–Kier alpha value is -4.66. The van der Waals surface area contributed by atoms with Crippen LogP contribution in [-0.4, -0.2) is 58.6 Å². The summed E-state index contributed by atoms with van der Waals surface area (Å²) in [6, 6.07) is 22.9. The molecule has 0 aliphatic rings. The maximum atomic E-state index is 14.6. The van der Waals surface area contributed by atoms with Gasteiger partial charge in [0.1, 0.15) is 29.3 Å². The van der Waals surface area contributed by atoms with E-state index in [9.17, 15) is 19.2 Å². The van der Waals surface area contributed by atoms with Crippen molar-refractivity contribution in [3.05, 3.63) is 107 Å². The fourth-order valence-electron chi connectivity index (χ4n) is 5.20. The summed E-state index contributed by atoms with van der Waals surface area (Å²) in [4.78, 5) is 57.1. The highest BCUT2D eigenvalue weighted by Crippen LogP contribution is 2.25. The predicted octanol–water partition coefficient (Wildman–Crippen LogP) is 6.48. The highest BCUT2D eigenvalue weighted by molar-refractivity contribution is 5.94. The van der Waals surface area contributed by atoms with E-state index >= 15 is 0 Å². The molecule has 3 amide bonds. The largest absolute Gasteiger partial charge is 0.458 e. The Balaban J connectivity index is 2.06. The Labute approximate surface area is 285 Å². The molecule has 0 saturated carbocycles. The number of hydrogen-bond acceptors (Lipinski definition) is 6. The Morgan fingerprint density at radius 1 is 0.688 bits per heavy atom. The van der Waals surface area contributed by atoms with Crippen LogP contribution in [0.3, 0.4) is 0 Å². The highest BCUT2D eigenvalue weighted by Gasteiger charge is 2.38. The molecule has 0 aliphatic heterocycles. The number of aryl methyl sites for hydroxylation is 1. The van der Waals surface area contributed by atoms with Gasteiger partial charge in [0.05, 0.1) is 0 Å². The molecule has 0 radical (unpaired) electrons. The van der Waals surface area contributed by atoms with Crippen LogP contribution in [0.5, 0.6) is 0 Å². The average Bonchev–Trinajstić information content (AvgIpc) is 3.00. The molecule has 3 rings (SSSR count). The minimum Gasteiger partial charge on any atom is -0.458 e. The van der Waals surface area contributed by atoms with Crippen molar-refractivity contribution >= 4 is 23.9 Å². The molecule has 0 bridgehead atoms. The van der Waals surface area contributed by atoms with Gasteiger partial charge < -0.3 is 25.0 Å². The van der Waals surface area contributed by atoms with Crippen LogP contribution in [0.4, 0.5) is 4.79 Å². The number of esters is 1. The lowest BCUT2D eigenvalue weighted by molar-refractivity contribution is -0.159. The van der Waals surface area contributed by atoms with E-state index in [1.165, 1.54) is 4.90 Å². The smallest absolute Gasteiger partial charge is 0.408 e. The van der Waals surface area contributed by atoms with Crippen LogP contribution < -0.4 is 10.6 Å². The highest BCUT2D eigenvalue weighted by atomic mass is 16.6. The number of nitrogens with one attached hydrogen (secondary N) is 2. The van der Waals surface area contributed by atoms with Crippen LogP contribution in [0, 0.1) is 6.92 Å². The molecule has 0 heterocycles. The monoisotopic (exact) mass is 657 g/mol. The molecule has 9 nitrogen and oxygen atoms in total. The third-order valence-electron chi connectivity index (χ3n) is 7.26. The van der Waals surface area contributed by atoms with Gasteiger partial charge >= 0.3 is 12.1 Å². The van der Waals surface area contributed by atoms with Gasteiger partial charge in [-0.3, -0.25) is 9.59 Å². The second-order valence-electron chi connectivity index (χ2n) is 14.0. The molecule has 3 aromatic rings. The van der Waals surface area contributed by atoms with Gasteiger partial charge in [0.25, 0.3) is 0 Å². The Morgan fingerprint density at radius 3 is 1.67 bits per heavy atom. The second kappa shape index (κ2) is 16.9. The number of alkyl carbamates (subject to hydrolysis) is 1. The summed E-state index contributed by atoms with van der Waals surface area (Å²) in [5.74, 6) is -1.57. The van der Waals surface area contributed by atoms with Crippen molar-refractivity contribution in [1.29, 1.82) is 0 Å². The fourth-order valence-corrected chi connectivity index (χ4v) is 5.20. The van der Waals surface area contributed by atoms with Gasteiger partial charge in [-0.1, -0.05) is 97.4 Å². The number of amides is 3. The Kier molecular flexibility index (Phi) is 13.3. The molecule has 0 fully saturated rings. The normalized spacial score (nSPS) is 13.4. The van der Waals surface area contributed by atoms with E-state index in [0.29, 0.717) is 12.0 Å². The van der Waals surface area contributed by atoms with Gasteiger partial charge in [-0.05, 0) is 71.6 Å². The van der Waals surface area contributed by atoms with Gasteiger partial charge in [-0.15, -0.1) is 0 Å². The first kappa shape index (κ1) is 37.8. The van der Waals surface area contributed by atoms with Crippen molar-refractivity contribution in [1.82, 2.24) is 15.5 Å². The van der Waals surface area contributed by atoms with Crippen molar-refractivity contribution in [2.75, 3.05) is 6.54 Å². The van der Waals surface area contributed by atoms with Crippen molar-refractivity contribution in [2.24, 2.45) is 0 Å². The van der Waals surface area contributed by atoms with Gasteiger partial charge in [0.15, 0.2) is 0 Å². The van der Waals surface area contributed by atoms with E-state index in [2.05, 4.69) is 10.6 Å². The van der Waals surface area contributed by atoms with E-state index in [-0.39, 0.29) is 19.4 Å². The number of benzene rings is 3. The maximum absolute atomic E-state index is 14.6. The van der Waals surface area contributed by atoms with E-state index in [1.54, 1.807) is 41.5 Å². The summed E-state index contributed by atoms with van der Waals surface area (Å²) in [5.41, 5.74) is 1.65. The predicted molar refractivity (Wildman–Crippen MR) is 187 cm³/mol. The van der Waals surface area contributed by atoms with Crippen LogP contribution in [0.1, 0.15) is 83.2 Å². The number of nitrogens with zero attached hydrogens (tertiary/aromatic N) is 1. The number of carbonyl (C=O) groups excluding carboxylic acids is 4. The summed E-state index contributed by atoms with van der Waals surface area (Å²) < 4.78 is 11.2. The molecule has 3 aromatic carbocycles. The molecule has 258 valence electrons. The first-order valence-corrected chi connectivity index (χ1v) is 16.5. The third kappa shape index (κ3) is 12.2. The lowest BCUT2D eigenvalue weighted by atomic mass is 9.98. The van der Waals surface area contributed by atoms with Crippen molar-refractivity contribution < 1.29 is 28.7 Å². The zero-order valence-corrected chi connectivity index (χ0v) is 29.5. The molecular weight excluding hydrogens is 606 g/mol. The summed E-state index contributed by atoms with van der Waals surface area (Å²) in [5, 5.41) is 5.71. The van der Waals surface area contributed by atoms with Crippen LogP contribution in [0.25, 0.3) is 0 Å². The van der Waals surface area contributed by atoms with Gasteiger partial charge in [-0.2, -0.15) is 0 Å². The molecule has 0 aliphatic carbocycles. The summed E-state index contributed by atoms with van der Waals surface area (Å²) in [7, 11) is 0. The summed E-state index contributed by atoms with van der Waals surface area (Å²) >= 11 is 0. The number of rotatable bonds is 13. The molecular formula is C39H51N3O6. The minimum absolute atomic E-state index is 0.176. The van der Waals surface area contributed by atoms with E-state index in [1.807, 2.05) is 98.8 Å². The van der Waals surface area contributed by atoms with Crippen molar-refractivity contribution in [3.8, 4) is 0 Å². The molecule has 3 atom stereocenters. The summed E-state index contributed by atoms with van der Waals surface area (Å²) in [6.07, 6.45) is 0.166. The van der Waals surface area contributed by atoms with Crippen LogP contribution >= 0.6 is 0 Å². The zero-order chi connectivity index (χ0) is 35.5. The molecule has 2 N–H and O–H groups in total. The van der Waals surface area contributed by atoms with Crippen molar-refractivity contribution in [3.63, 3.8) is 0 Å². The maximum Gasteiger partial charge on any atom is 0.408 e. The molecule has 9 heteroatoms. The Morgan fingerprint density at radius 2 is 1.19 bits per heavy atom. The lowest BCUT2D eigenvalue weighted by Crippen LogP contribution is -2.55. The number of ether oxygens (including phenoxy) is 2. The second-order valence-corrected chi connectivity index (χ2v) is 14.0. The molecule has 0 spiro atoms. The molecule has 0 aromatic heterocycles. The first-order chi connectivity index (χ1) is 22.6. The van der Waals surface area contributed by atoms with E-state index < -0.39 is 53.2 Å². The van der Waals surface area contributed by atoms with Crippen molar-refractivity contribution in [2.45, 2.75) is 104 Å². The third-order valence-corrected chi connectivity index (χ3v) is 7.26. The molecule has 48 heavy (non-hydrogen) atoms. The Bertz CT molecular complexity index is 1490. The van der Waals surface area contributed by atoms with E-state index in [0.717, 1.165) is 16.7 Å². The van der Waals surface area contributed by atoms with Gasteiger partial charge in [-0.25, -0.2) is 9.59 Å². The van der Waals surface area contributed by atoms with Crippen LogP contribution in [0.2, 0.25) is 0 Å². The van der Waals surface area contributed by atoms with E-state index in [4.69, 9.17) is 9.47 Å². The van der Waals surface area contributed by atoms with Gasteiger partial charge in [0, 0.05) is 19.4 Å². The zero-order valence-electron chi connectivity index (χ0n) is 29.5. The first-order valence-electron chi connectivity index (χ1n) is 16.5. The summed E-state index contributed by atoms with van der Waals surface area (Å²) in [6.45, 7) is 14.6. The number of hydrogen-bond donors (Lipinski definition) is 2. The average molecular weight is 658 g/mol. The minimum atomic E-state index is -1.11. The SMILES string of the molecule is CCCN(C(=O)C(Cc1ccccc1)NC(=O)OC(C)(C)C)C(C(=O)NC(Cc1ccccc1)C(=O)OC(C)(C)C)c1ccc(C)cc1.